The highest BCUT2D eigenvalue weighted by molar-refractivity contribution is 5.35. The molecule has 1 N–H and O–H groups in total. The monoisotopic (exact) mass is 262 g/mol. The fourth-order valence-corrected chi connectivity index (χ4v) is 2.21. The molecule has 1 saturated heterocycles. The minimum Gasteiger partial charge on any atom is -0.379 e. The minimum atomic E-state index is -0.205. The summed E-state index contributed by atoms with van der Waals surface area (Å²) in [5.74, 6) is -0.205. The van der Waals surface area contributed by atoms with Crippen LogP contribution >= 0.6 is 0 Å². The summed E-state index contributed by atoms with van der Waals surface area (Å²) >= 11 is 0. The smallest absolute Gasteiger partial charge is 0.126 e. The normalized spacial score (nSPS) is 19.5. The van der Waals surface area contributed by atoms with E-state index in [-0.39, 0.29) is 11.9 Å². The summed E-state index contributed by atoms with van der Waals surface area (Å²) in [5.41, 5.74) is 1.41. The van der Waals surface area contributed by atoms with Crippen molar-refractivity contribution in [3.8, 4) is 5.69 Å². The molecule has 0 saturated carbocycles. The molecule has 100 valence electrons. The van der Waals surface area contributed by atoms with Crippen molar-refractivity contribution in [2.75, 3.05) is 19.8 Å². The van der Waals surface area contributed by atoms with E-state index in [4.69, 9.17) is 4.74 Å². The molecule has 1 fully saturated rings. The first-order chi connectivity index (χ1) is 9.33. The summed E-state index contributed by atoms with van der Waals surface area (Å²) in [7, 11) is 0. The molecular formula is C13H15FN4O. The zero-order chi connectivity index (χ0) is 13.1. The van der Waals surface area contributed by atoms with Crippen LogP contribution in [0.5, 0.6) is 0 Å². The van der Waals surface area contributed by atoms with E-state index in [2.05, 4.69) is 15.5 Å². The van der Waals surface area contributed by atoms with Crippen molar-refractivity contribution in [3.63, 3.8) is 0 Å². The Balaban J connectivity index is 1.81. The predicted molar refractivity (Wildman–Crippen MR) is 67.6 cm³/mol. The van der Waals surface area contributed by atoms with Gasteiger partial charge in [0.15, 0.2) is 0 Å². The third kappa shape index (κ3) is 2.80. The Hall–Kier alpha value is -1.79. The van der Waals surface area contributed by atoms with Crippen molar-refractivity contribution in [2.24, 2.45) is 0 Å². The number of ether oxygens (including phenoxy) is 1. The summed E-state index contributed by atoms with van der Waals surface area (Å²) in [6.07, 6.45) is 3.79. The van der Waals surface area contributed by atoms with Crippen molar-refractivity contribution >= 4 is 0 Å². The highest BCUT2D eigenvalue weighted by Crippen LogP contribution is 2.15. The molecular weight excluding hydrogens is 247 g/mol. The number of hydrogen-bond acceptors (Lipinski definition) is 4. The second kappa shape index (κ2) is 5.46. The van der Waals surface area contributed by atoms with Gasteiger partial charge in [-0.25, -0.2) is 4.39 Å². The Morgan fingerprint density at radius 2 is 2.21 bits per heavy atom. The van der Waals surface area contributed by atoms with Crippen LogP contribution in [0.3, 0.4) is 0 Å². The van der Waals surface area contributed by atoms with Crippen LogP contribution in [0.25, 0.3) is 5.69 Å². The standard InChI is InChI=1S/C13H15FN4O/c14-13-2-1-12(18-16-3-4-17-18)8-10(13)7-11-9-19-6-5-15-11/h1-4,8,11,15H,5-7,9H2. The average Bonchev–Trinajstić information content (AvgIpc) is 2.96. The van der Waals surface area contributed by atoms with Gasteiger partial charge in [0.2, 0.25) is 0 Å². The summed E-state index contributed by atoms with van der Waals surface area (Å²) in [6, 6.07) is 5.07. The Bertz CT molecular complexity index is 538. The second-order valence-electron chi connectivity index (χ2n) is 4.52. The Morgan fingerprint density at radius 3 is 2.95 bits per heavy atom. The van der Waals surface area contributed by atoms with E-state index in [0.717, 1.165) is 18.8 Å². The number of aromatic nitrogens is 3. The van der Waals surface area contributed by atoms with Crippen LogP contribution in [0.1, 0.15) is 5.56 Å². The molecule has 6 heteroatoms. The van der Waals surface area contributed by atoms with Gasteiger partial charge in [0.05, 0.1) is 31.3 Å². The zero-order valence-electron chi connectivity index (χ0n) is 10.4. The molecule has 19 heavy (non-hydrogen) atoms. The molecule has 1 aliphatic heterocycles. The van der Waals surface area contributed by atoms with Crippen LogP contribution in [0, 0.1) is 5.82 Å². The number of rotatable bonds is 3. The average molecular weight is 262 g/mol. The number of benzene rings is 1. The van der Waals surface area contributed by atoms with Crippen LogP contribution in [0.4, 0.5) is 4.39 Å². The molecule has 5 nitrogen and oxygen atoms in total. The number of hydrogen-bond donors (Lipinski definition) is 1. The Morgan fingerprint density at radius 1 is 1.37 bits per heavy atom. The van der Waals surface area contributed by atoms with Crippen molar-refractivity contribution < 1.29 is 9.13 Å². The second-order valence-corrected chi connectivity index (χ2v) is 4.52. The lowest BCUT2D eigenvalue weighted by atomic mass is 10.0. The molecule has 0 radical (unpaired) electrons. The summed E-state index contributed by atoms with van der Waals surface area (Å²) in [4.78, 5) is 1.48. The number of nitrogens with zero attached hydrogens (tertiary/aromatic N) is 3. The van der Waals surface area contributed by atoms with Gasteiger partial charge >= 0.3 is 0 Å². The number of halogens is 1. The van der Waals surface area contributed by atoms with Crippen molar-refractivity contribution in [3.05, 3.63) is 42.0 Å². The Labute approximate surface area is 110 Å². The van der Waals surface area contributed by atoms with Gasteiger partial charge in [-0.2, -0.15) is 15.0 Å². The number of nitrogens with one attached hydrogen (secondary N) is 1. The van der Waals surface area contributed by atoms with Crippen LogP contribution in [0.2, 0.25) is 0 Å². The molecule has 1 unspecified atom stereocenters. The molecule has 0 bridgehead atoms. The molecule has 0 spiro atoms. The van der Waals surface area contributed by atoms with Crippen LogP contribution < -0.4 is 5.32 Å². The fraction of sp³-hybridized carbons (Fsp3) is 0.385. The van der Waals surface area contributed by atoms with Gasteiger partial charge in [0.25, 0.3) is 0 Å². The molecule has 1 aromatic carbocycles. The van der Waals surface area contributed by atoms with Gasteiger partial charge in [-0.05, 0) is 30.2 Å². The SMILES string of the molecule is Fc1ccc(-n2nccn2)cc1CC1COCCN1. The van der Waals surface area contributed by atoms with Gasteiger partial charge in [0, 0.05) is 12.6 Å². The van der Waals surface area contributed by atoms with Crippen molar-refractivity contribution in [1.29, 1.82) is 0 Å². The highest BCUT2D eigenvalue weighted by atomic mass is 19.1. The van der Waals surface area contributed by atoms with Gasteiger partial charge in [0.1, 0.15) is 5.82 Å². The minimum absolute atomic E-state index is 0.157. The lowest BCUT2D eigenvalue weighted by molar-refractivity contribution is 0.0767. The van der Waals surface area contributed by atoms with E-state index in [1.807, 2.05) is 0 Å². The van der Waals surface area contributed by atoms with E-state index in [1.165, 1.54) is 10.9 Å². The third-order valence-electron chi connectivity index (χ3n) is 3.14. The largest absolute Gasteiger partial charge is 0.379 e. The third-order valence-corrected chi connectivity index (χ3v) is 3.14. The molecule has 1 aliphatic rings. The lowest BCUT2D eigenvalue weighted by Gasteiger charge is -2.24. The van der Waals surface area contributed by atoms with E-state index in [1.54, 1.807) is 24.5 Å². The molecule has 0 amide bonds. The maximum absolute atomic E-state index is 13.8. The van der Waals surface area contributed by atoms with Gasteiger partial charge in [-0.15, -0.1) is 0 Å². The van der Waals surface area contributed by atoms with Crippen LogP contribution in [-0.4, -0.2) is 40.8 Å². The summed E-state index contributed by atoms with van der Waals surface area (Å²) in [5, 5.41) is 11.4. The molecule has 2 aromatic rings. The van der Waals surface area contributed by atoms with E-state index < -0.39 is 0 Å². The number of morpholine rings is 1. The van der Waals surface area contributed by atoms with E-state index in [9.17, 15) is 4.39 Å². The zero-order valence-corrected chi connectivity index (χ0v) is 10.4. The maximum atomic E-state index is 13.8. The quantitative estimate of drug-likeness (QED) is 0.894. The summed E-state index contributed by atoms with van der Waals surface area (Å²) < 4.78 is 19.2. The predicted octanol–water partition coefficient (Wildman–Crippen LogP) is 0.937. The van der Waals surface area contributed by atoms with Crippen LogP contribution in [-0.2, 0) is 11.2 Å². The van der Waals surface area contributed by atoms with Crippen molar-refractivity contribution in [2.45, 2.75) is 12.5 Å². The first-order valence-electron chi connectivity index (χ1n) is 6.29. The van der Waals surface area contributed by atoms with Crippen LogP contribution in [0.15, 0.2) is 30.6 Å². The van der Waals surface area contributed by atoms with Gasteiger partial charge in [-0.1, -0.05) is 0 Å². The van der Waals surface area contributed by atoms with E-state index >= 15 is 0 Å². The lowest BCUT2D eigenvalue weighted by Crippen LogP contribution is -2.42. The summed E-state index contributed by atoms with van der Waals surface area (Å²) in [6.45, 7) is 2.15. The van der Waals surface area contributed by atoms with Gasteiger partial charge in [-0.3, -0.25) is 0 Å². The topological polar surface area (TPSA) is 52.0 Å². The maximum Gasteiger partial charge on any atom is 0.126 e. The first-order valence-corrected chi connectivity index (χ1v) is 6.29. The molecule has 3 rings (SSSR count). The molecule has 2 heterocycles. The first kappa shape index (κ1) is 12.3. The van der Waals surface area contributed by atoms with Gasteiger partial charge < -0.3 is 10.1 Å². The van der Waals surface area contributed by atoms with Crippen molar-refractivity contribution in [1.82, 2.24) is 20.3 Å². The molecule has 1 atom stereocenters. The Kier molecular flexibility index (Phi) is 3.52. The molecule has 1 aromatic heterocycles. The highest BCUT2D eigenvalue weighted by Gasteiger charge is 2.16. The fourth-order valence-electron chi connectivity index (χ4n) is 2.21. The molecule has 0 aliphatic carbocycles. The van der Waals surface area contributed by atoms with E-state index in [0.29, 0.717) is 18.6 Å².